The van der Waals surface area contributed by atoms with Gasteiger partial charge in [0.15, 0.2) is 0 Å². The minimum atomic E-state index is 0.318. The molecule has 0 amide bonds. The van der Waals surface area contributed by atoms with Gasteiger partial charge in [-0.05, 0) is 42.9 Å². The van der Waals surface area contributed by atoms with Gasteiger partial charge in [-0.2, -0.15) is 0 Å². The molecule has 2 rings (SSSR count). The van der Waals surface area contributed by atoms with Crippen LogP contribution < -0.4 is 5.32 Å². The molecule has 1 saturated carbocycles. The molecule has 0 heterocycles. The van der Waals surface area contributed by atoms with Crippen molar-refractivity contribution in [3.05, 3.63) is 35.4 Å². The van der Waals surface area contributed by atoms with Crippen LogP contribution >= 0.6 is 0 Å². The third-order valence-electron chi connectivity index (χ3n) is 4.63. The SMILES string of the molecule is CCNC(COC1CCCC(C)C1)c1ccc(CC)cc1. The lowest BCUT2D eigenvalue weighted by Gasteiger charge is -2.29. The van der Waals surface area contributed by atoms with Gasteiger partial charge in [-0.15, -0.1) is 0 Å². The fourth-order valence-corrected chi connectivity index (χ4v) is 3.27. The topological polar surface area (TPSA) is 21.3 Å². The Balaban J connectivity index is 1.91. The fourth-order valence-electron chi connectivity index (χ4n) is 3.27. The van der Waals surface area contributed by atoms with Crippen molar-refractivity contribution in [2.45, 2.75) is 65.0 Å². The minimum Gasteiger partial charge on any atom is -0.376 e. The number of aryl methyl sites for hydroxylation is 1. The van der Waals surface area contributed by atoms with Crippen LogP contribution in [-0.2, 0) is 11.2 Å². The Kier molecular flexibility index (Phi) is 6.72. The van der Waals surface area contributed by atoms with Crippen molar-refractivity contribution in [2.24, 2.45) is 5.92 Å². The molecule has 2 heteroatoms. The summed E-state index contributed by atoms with van der Waals surface area (Å²) in [6.45, 7) is 8.47. The first kappa shape index (κ1) is 16.5. The molecule has 1 N–H and O–H groups in total. The summed E-state index contributed by atoms with van der Waals surface area (Å²) >= 11 is 0. The molecule has 3 atom stereocenters. The lowest BCUT2D eigenvalue weighted by Crippen LogP contribution is -2.29. The van der Waals surface area contributed by atoms with E-state index in [1.165, 1.54) is 36.8 Å². The van der Waals surface area contributed by atoms with E-state index >= 15 is 0 Å². The summed E-state index contributed by atoms with van der Waals surface area (Å²) in [5, 5.41) is 3.56. The number of likely N-dealkylation sites (N-methyl/N-ethyl adjacent to an activating group) is 1. The molecule has 0 radical (unpaired) electrons. The zero-order valence-electron chi connectivity index (χ0n) is 13.9. The number of hydrogen-bond acceptors (Lipinski definition) is 2. The Labute approximate surface area is 130 Å². The Morgan fingerprint density at radius 3 is 2.57 bits per heavy atom. The van der Waals surface area contributed by atoms with Crippen molar-refractivity contribution in [2.75, 3.05) is 13.2 Å². The van der Waals surface area contributed by atoms with Gasteiger partial charge in [-0.3, -0.25) is 0 Å². The molecule has 0 aliphatic heterocycles. The lowest BCUT2D eigenvalue weighted by atomic mass is 9.88. The summed E-state index contributed by atoms with van der Waals surface area (Å²) in [6, 6.07) is 9.29. The van der Waals surface area contributed by atoms with Gasteiger partial charge in [0.1, 0.15) is 0 Å². The van der Waals surface area contributed by atoms with Crippen LogP contribution in [0.3, 0.4) is 0 Å². The van der Waals surface area contributed by atoms with E-state index in [0.717, 1.165) is 25.5 Å². The van der Waals surface area contributed by atoms with E-state index in [1.807, 2.05) is 0 Å². The standard InChI is InChI=1S/C19H31NO/c1-4-16-9-11-17(12-10-16)19(20-5-2)14-21-18-8-6-7-15(3)13-18/h9-12,15,18-20H,4-8,13-14H2,1-3H3. The van der Waals surface area contributed by atoms with Crippen molar-refractivity contribution < 1.29 is 4.74 Å². The van der Waals surface area contributed by atoms with Gasteiger partial charge < -0.3 is 10.1 Å². The maximum Gasteiger partial charge on any atom is 0.0665 e. The maximum absolute atomic E-state index is 6.22. The molecule has 2 nitrogen and oxygen atoms in total. The normalized spacial score (nSPS) is 24.0. The molecule has 1 aromatic carbocycles. The first-order valence-electron chi connectivity index (χ1n) is 8.66. The monoisotopic (exact) mass is 289 g/mol. The van der Waals surface area contributed by atoms with Crippen LogP contribution in [0.15, 0.2) is 24.3 Å². The zero-order valence-corrected chi connectivity index (χ0v) is 13.9. The predicted octanol–water partition coefficient (Wildman–Crippen LogP) is 4.49. The van der Waals surface area contributed by atoms with E-state index in [9.17, 15) is 0 Å². The summed E-state index contributed by atoms with van der Waals surface area (Å²) in [4.78, 5) is 0. The highest BCUT2D eigenvalue weighted by atomic mass is 16.5. The highest BCUT2D eigenvalue weighted by Gasteiger charge is 2.21. The maximum atomic E-state index is 6.22. The van der Waals surface area contributed by atoms with Crippen molar-refractivity contribution >= 4 is 0 Å². The van der Waals surface area contributed by atoms with Crippen LogP contribution in [0.2, 0.25) is 0 Å². The molecule has 0 bridgehead atoms. The fraction of sp³-hybridized carbons (Fsp3) is 0.684. The Hall–Kier alpha value is -0.860. The van der Waals surface area contributed by atoms with Gasteiger partial charge >= 0.3 is 0 Å². The molecule has 3 unspecified atom stereocenters. The molecule has 118 valence electrons. The Morgan fingerprint density at radius 2 is 1.95 bits per heavy atom. The Morgan fingerprint density at radius 1 is 1.19 bits per heavy atom. The molecular formula is C19H31NO. The Bertz CT molecular complexity index is 401. The van der Waals surface area contributed by atoms with Gasteiger partial charge in [-0.25, -0.2) is 0 Å². The average Bonchev–Trinajstić information content (AvgIpc) is 2.52. The molecule has 1 fully saturated rings. The van der Waals surface area contributed by atoms with Crippen LogP contribution in [0, 0.1) is 5.92 Å². The zero-order chi connectivity index (χ0) is 15.1. The minimum absolute atomic E-state index is 0.318. The molecule has 1 aliphatic carbocycles. The van der Waals surface area contributed by atoms with Crippen LogP contribution in [0.5, 0.6) is 0 Å². The average molecular weight is 289 g/mol. The van der Waals surface area contributed by atoms with Crippen LogP contribution in [0.25, 0.3) is 0 Å². The molecule has 0 spiro atoms. The van der Waals surface area contributed by atoms with E-state index < -0.39 is 0 Å². The third-order valence-corrected chi connectivity index (χ3v) is 4.63. The van der Waals surface area contributed by atoms with Crippen molar-refractivity contribution in [3.63, 3.8) is 0 Å². The summed E-state index contributed by atoms with van der Waals surface area (Å²) in [6.07, 6.45) is 6.72. The highest BCUT2D eigenvalue weighted by molar-refractivity contribution is 5.25. The van der Waals surface area contributed by atoms with E-state index in [1.54, 1.807) is 0 Å². The number of ether oxygens (including phenoxy) is 1. The van der Waals surface area contributed by atoms with E-state index in [2.05, 4.69) is 50.4 Å². The molecule has 1 aliphatic rings. The van der Waals surface area contributed by atoms with E-state index in [-0.39, 0.29) is 0 Å². The van der Waals surface area contributed by atoms with Crippen molar-refractivity contribution in [1.82, 2.24) is 5.32 Å². The molecule has 21 heavy (non-hydrogen) atoms. The molecule has 1 aromatic rings. The third kappa shape index (κ3) is 5.12. The molecule has 0 saturated heterocycles. The van der Waals surface area contributed by atoms with Crippen LogP contribution in [0.1, 0.15) is 63.6 Å². The summed E-state index contributed by atoms with van der Waals surface area (Å²) in [5.74, 6) is 0.824. The van der Waals surface area contributed by atoms with Crippen LogP contribution in [0.4, 0.5) is 0 Å². The number of rotatable bonds is 7. The number of benzene rings is 1. The van der Waals surface area contributed by atoms with Gasteiger partial charge in [0.25, 0.3) is 0 Å². The lowest BCUT2D eigenvalue weighted by molar-refractivity contribution is 0.00417. The highest BCUT2D eigenvalue weighted by Crippen LogP contribution is 2.26. The van der Waals surface area contributed by atoms with Gasteiger partial charge in [0.05, 0.1) is 18.8 Å². The van der Waals surface area contributed by atoms with Crippen molar-refractivity contribution in [3.8, 4) is 0 Å². The largest absolute Gasteiger partial charge is 0.376 e. The molecule has 0 aromatic heterocycles. The van der Waals surface area contributed by atoms with Gasteiger partial charge in [0, 0.05) is 0 Å². The van der Waals surface area contributed by atoms with Gasteiger partial charge in [0.2, 0.25) is 0 Å². The van der Waals surface area contributed by atoms with E-state index in [4.69, 9.17) is 4.74 Å². The summed E-state index contributed by atoms with van der Waals surface area (Å²) in [7, 11) is 0. The number of hydrogen-bond donors (Lipinski definition) is 1. The van der Waals surface area contributed by atoms with Gasteiger partial charge in [-0.1, -0.05) is 57.9 Å². The molecular weight excluding hydrogens is 258 g/mol. The quantitative estimate of drug-likeness (QED) is 0.798. The van der Waals surface area contributed by atoms with Crippen molar-refractivity contribution in [1.29, 1.82) is 0 Å². The van der Waals surface area contributed by atoms with Crippen LogP contribution in [-0.4, -0.2) is 19.3 Å². The second-order valence-electron chi connectivity index (χ2n) is 6.43. The number of nitrogens with one attached hydrogen (secondary N) is 1. The second-order valence-corrected chi connectivity index (χ2v) is 6.43. The summed E-state index contributed by atoms with van der Waals surface area (Å²) in [5.41, 5.74) is 2.74. The van der Waals surface area contributed by atoms with E-state index in [0.29, 0.717) is 12.1 Å². The first-order valence-corrected chi connectivity index (χ1v) is 8.66. The summed E-state index contributed by atoms with van der Waals surface area (Å²) < 4.78 is 6.22. The first-order chi connectivity index (χ1) is 10.2. The predicted molar refractivity (Wildman–Crippen MR) is 89.6 cm³/mol. The smallest absolute Gasteiger partial charge is 0.0665 e. The second kappa shape index (κ2) is 8.55.